The van der Waals surface area contributed by atoms with Crippen LogP contribution >= 0.6 is 35.0 Å². The number of nitrogens with zero attached hydrogens (tertiary/aromatic N) is 1. The van der Waals surface area contributed by atoms with Gasteiger partial charge in [0.25, 0.3) is 0 Å². The maximum Gasteiger partial charge on any atom is 0.229 e. The molecule has 0 aliphatic rings. The Labute approximate surface area is 115 Å². The van der Waals surface area contributed by atoms with Crippen LogP contribution in [0.1, 0.15) is 12.6 Å². The summed E-state index contributed by atoms with van der Waals surface area (Å²) in [5.41, 5.74) is 6.31. The van der Waals surface area contributed by atoms with E-state index in [1.807, 2.05) is 13.0 Å². The fraction of sp³-hybridized carbons (Fsp3) is 0.400. The van der Waals surface area contributed by atoms with Crippen LogP contribution < -0.4 is 11.1 Å². The smallest absolute Gasteiger partial charge is 0.229 e. The third-order valence-electron chi connectivity index (χ3n) is 2.07. The highest BCUT2D eigenvalue weighted by molar-refractivity contribution is 14.1. The molecular formula is C10H15ClIN3O. The monoisotopic (exact) mass is 355 g/mol. The zero-order valence-electron chi connectivity index (χ0n) is 9.16. The SMILES string of the molecule is Cc1nc(NC(=O)C(C)CN)ccc1I.Cl. The zero-order chi connectivity index (χ0) is 11.4. The molecule has 1 rings (SSSR count). The lowest BCUT2D eigenvalue weighted by Gasteiger charge is -2.09. The molecule has 1 atom stereocenters. The van der Waals surface area contributed by atoms with Crippen molar-refractivity contribution in [1.29, 1.82) is 0 Å². The van der Waals surface area contributed by atoms with Gasteiger partial charge >= 0.3 is 0 Å². The highest BCUT2D eigenvalue weighted by Crippen LogP contribution is 2.12. The van der Waals surface area contributed by atoms with E-state index in [-0.39, 0.29) is 24.2 Å². The summed E-state index contributed by atoms with van der Waals surface area (Å²) < 4.78 is 1.08. The number of nitrogens with two attached hydrogens (primary N) is 1. The Bertz CT molecular complexity index is 373. The van der Waals surface area contributed by atoms with E-state index in [9.17, 15) is 4.79 Å². The van der Waals surface area contributed by atoms with Gasteiger partial charge < -0.3 is 11.1 Å². The molecule has 0 saturated heterocycles. The van der Waals surface area contributed by atoms with Crippen LogP contribution in [0.4, 0.5) is 5.82 Å². The number of aryl methyl sites for hydroxylation is 1. The van der Waals surface area contributed by atoms with Crippen LogP contribution in [0.3, 0.4) is 0 Å². The molecule has 1 heterocycles. The Kier molecular flexibility index (Phi) is 6.85. The molecular weight excluding hydrogens is 340 g/mol. The summed E-state index contributed by atoms with van der Waals surface area (Å²) >= 11 is 2.20. The van der Waals surface area contributed by atoms with Crippen LogP contribution in [0.25, 0.3) is 0 Å². The van der Waals surface area contributed by atoms with Gasteiger partial charge in [0.05, 0.1) is 5.69 Å². The molecule has 0 spiro atoms. The summed E-state index contributed by atoms with van der Waals surface area (Å²) in [7, 11) is 0. The predicted octanol–water partition coefficient (Wildman–Crippen LogP) is 1.95. The van der Waals surface area contributed by atoms with E-state index in [2.05, 4.69) is 32.9 Å². The highest BCUT2D eigenvalue weighted by atomic mass is 127. The second-order valence-electron chi connectivity index (χ2n) is 3.39. The summed E-state index contributed by atoms with van der Waals surface area (Å²) in [6, 6.07) is 3.71. The van der Waals surface area contributed by atoms with E-state index in [0.29, 0.717) is 12.4 Å². The van der Waals surface area contributed by atoms with Gasteiger partial charge in [0, 0.05) is 16.0 Å². The average Bonchev–Trinajstić information content (AvgIpc) is 2.22. The van der Waals surface area contributed by atoms with Crippen molar-refractivity contribution in [3.63, 3.8) is 0 Å². The Balaban J connectivity index is 0.00000225. The van der Waals surface area contributed by atoms with Crippen molar-refractivity contribution >= 4 is 46.7 Å². The van der Waals surface area contributed by atoms with Gasteiger partial charge in [-0.05, 0) is 41.6 Å². The van der Waals surface area contributed by atoms with Crippen LogP contribution in [0, 0.1) is 16.4 Å². The number of rotatable bonds is 3. The lowest BCUT2D eigenvalue weighted by atomic mass is 10.2. The van der Waals surface area contributed by atoms with Crippen LogP contribution in [0.5, 0.6) is 0 Å². The topological polar surface area (TPSA) is 68.0 Å². The predicted molar refractivity (Wildman–Crippen MR) is 75.8 cm³/mol. The molecule has 6 heteroatoms. The lowest BCUT2D eigenvalue weighted by molar-refractivity contribution is -0.119. The summed E-state index contributed by atoms with van der Waals surface area (Å²) in [5.74, 6) is 0.301. The Morgan fingerprint density at radius 2 is 2.25 bits per heavy atom. The number of hydrogen-bond acceptors (Lipinski definition) is 3. The van der Waals surface area contributed by atoms with Crippen molar-refractivity contribution in [2.24, 2.45) is 11.7 Å². The minimum atomic E-state index is -0.189. The largest absolute Gasteiger partial charge is 0.330 e. The van der Waals surface area contributed by atoms with E-state index in [4.69, 9.17) is 5.73 Å². The van der Waals surface area contributed by atoms with Crippen LogP contribution in [0.15, 0.2) is 12.1 Å². The second kappa shape index (κ2) is 7.03. The second-order valence-corrected chi connectivity index (χ2v) is 4.55. The number of aromatic nitrogens is 1. The maximum absolute atomic E-state index is 11.5. The molecule has 1 unspecified atom stereocenters. The molecule has 0 radical (unpaired) electrons. The van der Waals surface area contributed by atoms with Crippen LogP contribution in [-0.2, 0) is 4.79 Å². The number of anilines is 1. The number of carbonyl (C=O) groups is 1. The van der Waals surface area contributed by atoms with Gasteiger partial charge in [0.15, 0.2) is 0 Å². The molecule has 1 amide bonds. The minimum absolute atomic E-state index is 0. The molecule has 0 aromatic carbocycles. The molecule has 0 aliphatic carbocycles. The van der Waals surface area contributed by atoms with Gasteiger partial charge in [-0.25, -0.2) is 4.98 Å². The number of hydrogen-bond donors (Lipinski definition) is 2. The average molecular weight is 356 g/mol. The van der Waals surface area contributed by atoms with E-state index >= 15 is 0 Å². The zero-order valence-corrected chi connectivity index (χ0v) is 12.1. The van der Waals surface area contributed by atoms with E-state index in [0.717, 1.165) is 9.26 Å². The quantitative estimate of drug-likeness (QED) is 0.814. The fourth-order valence-electron chi connectivity index (χ4n) is 0.970. The fourth-order valence-corrected chi connectivity index (χ4v) is 1.27. The van der Waals surface area contributed by atoms with Crippen molar-refractivity contribution in [3.05, 3.63) is 21.4 Å². The summed E-state index contributed by atoms with van der Waals surface area (Å²) in [6.45, 7) is 4.04. The number of nitrogens with one attached hydrogen (secondary N) is 1. The molecule has 0 bridgehead atoms. The molecule has 3 N–H and O–H groups in total. The summed E-state index contributed by atoms with van der Waals surface area (Å²) in [4.78, 5) is 15.8. The standard InChI is InChI=1S/C10H14IN3O.ClH/c1-6(5-12)10(15)14-9-4-3-8(11)7(2)13-9;/h3-4,6H,5,12H2,1-2H3,(H,13,14,15);1H. The first-order chi connectivity index (χ1) is 7.04. The summed E-state index contributed by atoms with van der Waals surface area (Å²) in [5, 5.41) is 2.73. The molecule has 0 saturated carbocycles. The van der Waals surface area contributed by atoms with Gasteiger partial charge in [0.2, 0.25) is 5.91 Å². The van der Waals surface area contributed by atoms with E-state index in [1.165, 1.54) is 0 Å². The van der Waals surface area contributed by atoms with Gasteiger partial charge in [-0.15, -0.1) is 12.4 Å². The van der Waals surface area contributed by atoms with Crippen molar-refractivity contribution in [2.75, 3.05) is 11.9 Å². The first-order valence-electron chi connectivity index (χ1n) is 4.68. The van der Waals surface area contributed by atoms with Crippen molar-refractivity contribution in [2.45, 2.75) is 13.8 Å². The van der Waals surface area contributed by atoms with Crippen LogP contribution in [0.2, 0.25) is 0 Å². The van der Waals surface area contributed by atoms with Gasteiger partial charge in [-0.2, -0.15) is 0 Å². The Morgan fingerprint density at radius 1 is 1.62 bits per heavy atom. The van der Waals surface area contributed by atoms with Gasteiger partial charge in [-0.1, -0.05) is 6.92 Å². The van der Waals surface area contributed by atoms with Crippen molar-refractivity contribution in [1.82, 2.24) is 4.98 Å². The molecule has 90 valence electrons. The third kappa shape index (κ3) is 4.23. The Morgan fingerprint density at radius 3 is 2.75 bits per heavy atom. The molecule has 0 aliphatic heterocycles. The third-order valence-corrected chi connectivity index (χ3v) is 3.21. The molecule has 16 heavy (non-hydrogen) atoms. The normalized spacial score (nSPS) is 11.5. The molecule has 1 aromatic heterocycles. The van der Waals surface area contributed by atoms with Crippen molar-refractivity contribution < 1.29 is 4.79 Å². The molecule has 1 aromatic rings. The summed E-state index contributed by atoms with van der Waals surface area (Å²) in [6.07, 6.45) is 0. The number of amides is 1. The number of halogens is 2. The minimum Gasteiger partial charge on any atom is -0.330 e. The Hall–Kier alpha value is -0.400. The maximum atomic E-state index is 11.5. The van der Waals surface area contributed by atoms with Gasteiger partial charge in [-0.3, -0.25) is 4.79 Å². The van der Waals surface area contributed by atoms with E-state index in [1.54, 1.807) is 13.0 Å². The molecule has 0 fully saturated rings. The van der Waals surface area contributed by atoms with Gasteiger partial charge in [0.1, 0.15) is 5.82 Å². The van der Waals surface area contributed by atoms with Crippen molar-refractivity contribution in [3.8, 4) is 0 Å². The number of carbonyl (C=O) groups excluding carboxylic acids is 1. The first-order valence-corrected chi connectivity index (χ1v) is 5.76. The van der Waals surface area contributed by atoms with Crippen LogP contribution in [-0.4, -0.2) is 17.4 Å². The van der Waals surface area contributed by atoms with E-state index < -0.39 is 0 Å². The first kappa shape index (κ1) is 15.6. The lowest BCUT2D eigenvalue weighted by Crippen LogP contribution is -2.27. The highest BCUT2D eigenvalue weighted by Gasteiger charge is 2.11. The number of pyridine rings is 1. The molecule has 4 nitrogen and oxygen atoms in total.